The number of piperazine rings is 2. The first-order chi connectivity index (χ1) is 33.0. The Bertz CT molecular complexity index is 2660. The highest BCUT2D eigenvalue weighted by molar-refractivity contribution is 6.10. The molecule has 0 radical (unpaired) electrons. The minimum atomic E-state index is -1.62. The molecule has 13 nitrogen and oxygen atoms in total. The smallest absolute Gasteiger partial charge is 0.249 e. The number of ketones is 2. The van der Waals surface area contributed by atoms with Crippen LogP contribution in [0.15, 0.2) is 89.8 Å². The number of Topliss-reactive ketones (excluding diaryl/α,β-unsaturated/α-hetero) is 2. The van der Waals surface area contributed by atoms with Gasteiger partial charge in [0.2, 0.25) is 5.91 Å². The molecule has 4 bridgehead atoms. The molecule has 7 unspecified atom stereocenters. The largest absolute Gasteiger partial charge is 0.506 e. The summed E-state index contributed by atoms with van der Waals surface area (Å²) in [5, 5.41) is 12.6. The Hall–Kier alpha value is -5.79. The zero-order valence-electron chi connectivity index (χ0n) is 41.6. The number of nitrogens with zero attached hydrogens (tertiary/aromatic N) is 6. The lowest BCUT2D eigenvalue weighted by molar-refractivity contribution is -0.213. The second kappa shape index (κ2) is 17.6. The van der Waals surface area contributed by atoms with E-state index in [1.165, 1.54) is 5.57 Å². The van der Waals surface area contributed by atoms with Crippen LogP contribution >= 0.6 is 0 Å². The predicted molar refractivity (Wildman–Crippen MR) is 267 cm³/mol. The molecule has 1 aromatic carbocycles. The Morgan fingerprint density at radius 1 is 0.812 bits per heavy atom. The number of pyridine rings is 2. The first-order valence-electron chi connectivity index (χ1n) is 25.0. The number of hydrogen-bond donors (Lipinski definition) is 1. The van der Waals surface area contributed by atoms with Crippen LogP contribution in [0.25, 0.3) is 6.08 Å². The van der Waals surface area contributed by atoms with Crippen LogP contribution < -0.4 is 19.3 Å². The van der Waals surface area contributed by atoms with Crippen LogP contribution in [0.5, 0.6) is 17.2 Å². The summed E-state index contributed by atoms with van der Waals surface area (Å²) in [6.07, 6.45) is 16.0. The summed E-state index contributed by atoms with van der Waals surface area (Å²) in [7, 11) is 0. The van der Waals surface area contributed by atoms with E-state index in [0.29, 0.717) is 94.1 Å². The lowest BCUT2D eigenvalue weighted by atomic mass is 9.44. The molecule has 5 aliphatic heterocycles. The molecule has 3 aromatic rings. The van der Waals surface area contributed by atoms with Gasteiger partial charge in [0.15, 0.2) is 22.8 Å². The van der Waals surface area contributed by atoms with Crippen LogP contribution in [0.4, 0.5) is 11.6 Å². The number of benzene rings is 1. The second-order valence-corrected chi connectivity index (χ2v) is 21.6. The molecule has 6 fully saturated rings. The van der Waals surface area contributed by atoms with E-state index >= 15 is 9.59 Å². The molecule has 11 rings (SSSR count). The van der Waals surface area contributed by atoms with Crippen molar-refractivity contribution in [2.75, 3.05) is 62.2 Å². The van der Waals surface area contributed by atoms with Gasteiger partial charge in [-0.05, 0) is 117 Å². The number of carbonyl (C=O) groups excluding carboxylic acids is 3. The zero-order valence-corrected chi connectivity index (χ0v) is 41.6. The van der Waals surface area contributed by atoms with Crippen LogP contribution in [0, 0.1) is 17.8 Å². The van der Waals surface area contributed by atoms with E-state index in [1.807, 2.05) is 94.1 Å². The maximum Gasteiger partial charge on any atom is 0.249 e. The summed E-state index contributed by atoms with van der Waals surface area (Å²) in [5.74, 6) is 0.113. The summed E-state index contributed by atoms with van der Waals surface area (Å²) in [6.45, 7) is 21.0. The Morgan fingerprint density at radius 2 is 1.45 bits per heavy atom. The molecule has 3 saturated heterocycles. The Balaban J connectivity index is 1.08. The molecule has 13 heteroatoms. The molecular weight excluding hydrogens is 869 g/mol. The lowest BCUT2D eigenvalue weighted by Gasteiger charge is -2.65. The van der Waals surface area contributed by atoms with Crippen molar-refractivity contribution in [2.45, 2.75) is 116 Å². The van der Waals surface area contributed by atoms with Crippen molar-refractivity contribution in [2.24, 2.45) is 17.8 Å². The van der Waals surface area contributed by atoms with Crippen molar-refractivity contribution in [3.8, 4) is 17.2 Å². The van der Waals surface area contributed by atoms with Crippen molar-refractivity contribution in [1.29, 1.82) is 0 Å². The fraction of sp³-hybridized carbons (Fsp3) is 0.518. The number of phenolic OH excluding ortho intramolecular Hbond substituents is 1. The second-order valence-electron chi connectivity index (χ2n) is 21.6. The molecule has 7 heterocycles. The number of ether oxygens (including phenoxy) is 3. The van der Waals surface area contributed by atoms with Crippen LogP contribution in [0.2, 0.25) is 0 Å². The molecule has 3 saturated carbocycles. The number of phenols is 1. The van der Waals surface area contributed by atoms with Gasteiger partial charge in [-0.25, -0.2) is 9.97 Å². The number of amides is 1. The van der Waals surface area contributed by atoms with Gasteiger partial charge in [-0.2, -0.15) is 0 Å². The van der Waals surface area contributed by atoms with Crippen molar-refractivity contribution >= 4 is 35.2 Å². The van der Waals surface area contributed by atoms with Crippen LogP contribution in [-0.2, 0) is 20.7 Å². The monoisotopic (exact) mass is 937 g/mol. The van der Waals surface area contributed by atoms with E-state index in [9.17, 15) is 9.90 Å². The third kappa shape index (κ3) is 7.69. The predicted octanol–water partition coefficient (Wildman–Crippen LogP) is 8.17. The normalized spacial score (nSPS) is 30.0. The first kappa shape index (κ1) is 46.9. The number of rotatable bonds is 11. The molecular formula is C56H68N6O7. The number of carbonyl (C=O) groups is 3. The van der Waals surface area contributed by atoms with Crippen molar-refractivity contribution in [1.82, 2.24) is 19.8 Å². The molecule has 1 N–H and O–H groups in total. The highest BCUT2D eigenvalue weighted by Gasteiger charge is 2.86. The topological polar surface area (TPSA) is 138 Å². The zero-order chi connectivity index (χ0) is 48.6. The van der Waals surface area contributed by atoms with Gasteiger partial charge in [-0.1, -0.05) is 41.5 Å². The number of hydrogen-bond acceptors (Lipinski definition) is 12. The Morgan fingerprint density at radius 3 is 2.06 bits per heavy atom. The highest BCUT2D eigenvalue weighted by Crippen LogP contribution is 2.71. The molecule has 8 aliphatic rings. The third-order valence-corrected chi connectivity index (χ3v) is 16.3. The van der Waals surface area contributed by atoms with Gasteiger partial charge in [0.05, 0.1) is 17.1 Å². The SMILES string of the molecule is CC(C)=CCCC1(C)C=Cc2c(O)c3c(c(CC=C(C)C)c2O1)OC12C(C3=O)C(N3CCN(c4ccccn4)CC3)C3CC1C(C)(C)OC2(C/C=C(/C)C(=O)N1CCN(c2ccccn2)CC1)C3=O. The van der Waals surface area contributed by atoms with Crippen LogP contribution in [0.1, 0.15) is 103 Å². The van der Waals surface area contributed by atoms with Crippen molar-refractivity contribution < 1.29 is 33.7 Å². The van der Waals surface area contributed by atoms with Gasteiger partial charge in [0.1, 0.15) is 40.0 Å². The molecule has 1 spiro atoms. The molecule has 3 aliphatic carbocycles. The van der Waals surface area contributed by atoms with E-state index < -0.39 is 40.3 Å². The van der Waals surface area contributed by atoms with E-state index in [4.69, 9.17) is 14.2 Å². The third-order valence-electron chi connectivity index (χ3n) is 16.3. The van der Waals surface area contributed by atoms with Gasteiger partial charge in [0.25, 0.3) is 0 Å². The van der Waals surface area contributed by atoms with Crippen LogP contribution in [0.3, 0.4) is 0 Å². The summed E-state index contributed by atoms with van der Waals surface area (Å²) in [6, 6.07) is 11.2. The number of aromatic hydroxyl groups is 1. The van der Waals surface area contributed by atoms with Crippen molar-refractivity contribution in [3.63, 3.8) is 0 Å². The molecule has 1 amide bonds. The van der Waals surface area contributed by atoms with E-state index in [-0.39, 0.29) is 46.9 Å². The maximum absolute atomic E-state index is 16.2. The van der Waals surface area contributed by atoms with Gasteiger partial charge in [0, 0.05) is 100 Å². The average Bonchev–Trinajstić information content (AvgIpc) is 3.48. The summed E-state index contributed by atoms with van der Waals surface area (Å²) in [4.78, 5) is 64.3. The first-order valence-corrected chi connectivity index (χ1v) is 25.0. The average molecular weight is 937 g/mol. The molecule has 7 atom stereocenters. The quantitative estimate of drug-likeness (QED) is 0.147. The van der Waals surface area contributed by atoms with Crippen LogP contribution in [-0.4, -0.2) is 123 Å². The van der Waals surface area contributed by atoms with Gasteiger partial charge in [-0.15, -0.1) is 0 Å². The van der Waals surface area contributed by atoms with E-state index in [0.717, 1.165) is 23.6 Å². The molecule has 69 heavy (non-hydrogen) atoms. The van der Waals surface area contributed by atoms with Gasteiger partial charge in [-0.3, -0.25) is 19.3 Å². The van der Waals surface area contributed by atoms with Gasteiger partial charge < -0.3 is 34.0 Å². The Kier molecular flexibility index (Phi) is 11.9. The lowest BCUT2D eigenvalue weighted by Crippen LogP contribution is -2.82. The highest BCUT2D eigenvalue weighted by atomic mass is 16.6. The molecule has 2 aromatic heterocycles. The van der Waals surface area contributed by atoms with Crippen molar-refractivity contribution in [3.05, 3.63) is 107 Å². The summed E-state index contributed by atoms with van der Waals surface area (Å²) >= 11 is 0. The minimum Gasteiger partial charge on any atom is -0.506 e. The fourth-order valence-corrected chi connectivity index (χ4v) is 12.9. The number of fused-ring (bicyclic) bond motifs is 2. The maximum atomic E-state index is 16.2. The minimum absolute atomic E-state index is 0.0505. The Labute approximate surface area is 406 Å². The van der Waals surface area contributed by atoms with E-state index in [2.05, 4.69) is 57.6 Å². The molecule has 364 valence electrons. The number of allylic oxidation sites excluding steroid dienone is 4. The number of aromatic nitrogens is 2. The standard InChI is InChI=1S/C56H68N6O7/c1-35(2)14-13-21-54(8)22-20-38-47(63)44-48(64)45-46(61-30-26-59(27-31-61)42-15-9-11-24-57-42)40-34-41-53(6,7)69-55(51(40)65,56(41,45)68-50(44)39(49(38)67-54)18-17-36(3)4)23-19-37(5)52(66)62-32-28-60(29-33-62)43-16-10-12-25-58-43/h9-12,14-17,19-20,22,24-25,40-41,45-46,63H,13,18,21,23,26-34H2,1-8H3/b37-19-. The summed E-state index contributed by atoms with van der Waals surface area (Å²) in [5.41, 5.74) is -0.627. The van der Waals surface area contributed by atoms with Gasteiger partial charge >= 0.3 is 0 Å². The fourth-order valence-electron chi connectivity index (χ4n) is 12.9. The summed E-state index contributed by atoms with van der Waals surface area (Å²) < 4.78 is 22.1. The number of anilines is 2. The van der Waals surface area contributed by atoms with E-state index in [1.54, 1.807) is 12.4 Å².